The zero-order chi connectivity index (χ0) is 15.2. The maximum absolute atomic E-state index is 14.0. The van der Waals surface area contributed by atoms with Gasteiger partial charge in [-0.15, -0.1) is 0 Å². The fourth-order valence-electron chi connectivity index (χ4n) is 2.20. The van der Waals surface area contributed by atoms with E-state index in [2.05, 4.69) is 5.32 Å². The number of hydrogen-bond donors (Lipinski definition) is 2. The molecule has 21 heavy (non-hydrogen) atoms. The van der Waals surface area contributed by atoms with Gasteiger partial charge >= 0.3 is 0 Å². The molecule has 1 amide bonds. The summed E-state index contributed by atoms with van der Waals surface area (Å²) in [4.78, 5) is 12.2. The first-order chi connectivity index (χ1) is 10.1. The quantitative estimate of drug-likeness (QED) is 0.888. The van der Waals surface area contributed by atoms with E-state index in [1.54, 1.807) is 19.1 Å². The van der Waals surface area contributed by atoms with Gasteiger partial charge in [0.05, 0.1) is 11.6 Å². The summed E-state index contributed by atoms with van der Waals surface area (Å²) < 4.78 is 14.0. The van der Waals surface area contributed by atoms with Crippen molar-refractivity contribution in [2.75, 3.05) is 6.61 Å². The van der Waals surface area contributed by atoms with Crippen molar-refractivity contribution < 1.29 is 14.3 Å². The zero-order valence-corrected chi connectivity index (χ0v) is 11.8. The summed E-state index contributed by atoms with van der Waals surface area (Å²) in [5, 5.41) is 11.9. The van der Waals surface area contributed by atoms with Gasteiger partial charge in [-0.3, -0.25) is 4.79 Å². The van der Waals surface area contributed by atoms with Crippen LogP contribution >= 0.6 is 0 Å². The van der Waals surface area contributed by atoms with E-state index in [9.17, 15) is 9.18 Å². The fraction of sp³-hybridized carbons (Fsp3) is 0.235. The summed E-state index contributed by atoms with van der Waals surface area (Å²) in [6.07, 6.45) is 0.378. The molecule has 1 atom stereocenters. The molecule has 0 radical (unpaired) electrons. The Labute approximate surface area is 123 Å². The van der Waals surface area contributed by atoms with Crippen molar-refractivity contribution in [3.63, 3.8) is 0 Å². The maximum Gasteiger partial charge on any atom is 0.254 e. The van der Waals surface area contributed by atoms with Crippen LogP contribution in [0.15, 0.2) is 48.5 Å². The molecule has 0 aliphatic heterocycles. The van der Waals surface area contributed by atoms with E-state index in [1.165, 1.54) is 6.07 Å². The molecule has 2 aromatic rings. The Balaban J connectivity index is 2.21. The first-order valence-electron chi connectivity index (χ1n) is 6.85. The van der Waals surface area contributed by atoms with Gasteiger partial charge in [0, 0.05) is 6.61 Å². The molecular weight excluding hydrogens is 269 g/mol. The molecule has 0 spiro atoms. The molecule has 0 bridgehead atoms. The lowest BCUT2D eigenvalue weighted by molar-refractivity contribution is 0.0925. The number of aryl methyl sites for hydroxylation is 1. The SMILES string of the molecule is Cc1cccc(C(=O)N[C@H](CCO)c2ccccc2)c1F. The molecule has 3 nitrogen and oxygen atoms in total. The predicted molar refractivity (Wildman–Crippen MR) is 79.5 cm³/mol. The van der Waals surface area contributed by atoms with Gasteiger partial charge in [-0.25, -0.2) is 4.39 Å². The van der Waals surface area contributed by atoms with Crippen molar-refractivity contribution in [1.29, 1.82) is 0 Å². The van der Waals surface area contributed by atoms with Crippen molar-refractivity contribution in [2.24, 2.45) is 0 Å². The number of carbonyl (C=O) groups excluding carboxylic acids is 1. The number of aliphatic hydroxyl groups excluding tert-OH is 1. The van der Waals surface area contributed by atoms with Gasteiger partial charge in [-0.05, 0) is 30.5 Å². The molecule has 4 heteroatoms. The van der Waals surface area contributed by atoms with Crippen LogP contribution in [0.3, 0.4) is 0 Å². The topological polar surface area (TPSA) is 49.3 Å². The zero-order valence-electron chi connectivity index (χ0n) is 11.8. The number of nitrogens with one attached hydrogen (secondary N) is 1. The number of benzene rings is 2. The highest BCUT2D eigenvalue weighted by molar-refractivity contribution is 5.94. The molecule has 2 N–H and O–H groups in total. The monoisotopic (exact) mass is 287 g/mol. The molecule has 0 heterocycles. The lowest BCUT2D eigenvalue weighted by Crippen LogP contribution is -2.30. The standard InChI is InChI=1S/C17H18FNO2/c1-12-6-5-9-14(16(12)18)17(21)19-15(10-11-20)13-7-3-2-4-8-13/h2-9,15,20H,10-11H2,1H3,(H,19,21)/t15-/m1/s1. The highest BCUT2D eigenvalue weighted by atomic mass is 19.1. The van der Waals surface area contributed by atoms with E-state index in [0.717, 1.165) is 5.56 Å². The Bertz CT molecular complexity index is 613. The van der Waals surface area contributed by atoms with Crippen molar-refractivity contribution >= 4 is 5.91 Å². The maximum atomic E-state index is 14.0. The number of rotatable bonds is 5. The number of halogens is 1. The van der Waals surface area contributed by atoms with Gasteiger partial charge in [0.15, 0.2) is 0 Å². The summed E-state index contributed by atoms with van der Waals surface area (Å²) in [7, 11) is 0. The van der Waals surface area contributed by atoms with E-state index in [-0.39, 0.29) is 18.2 Å². The first-order valence-corrected chi connectivity index (χ1v) is 6.85. The predicted octanol–water partition coefficient (Wildman–Crippen LogP) is 2.99. The molecule has 0 saturated heterocycles. The second kappa shape index (κ2) is 6.99. The molecule has 0 fully saturated rings. The van der Waals surface area contributed by atoms with Crippen LogP contribution in [0.25, 0.3) is 0 Å². The van der Waals surface area contributed by atoms with Crippen molar-refractivity contribution in [3.05, 3.63) is 71.0 Å². The minimum atomic E-state index is -0.509. The third-order valence-electron chi connectivity index (χ3n) is 3.36. The summed E-state index contributed by atoms with van der Waals surface area (Å²) in [6.45, 7) is 1.56. The van der Waals surface area contributed by atoms with Gasteiger partial charge < -0.3 is 10.4 Å². The largest absolute Gasteiger partial charge is 0.396 e. The van der Waals surface area contributed by atoms with E-state index in [1.807, 2.05) is 30.3 Å². The summed E-state index contributed by atoms with van der Waals surface area (Å²) >= 11 is 0. The molecule has 0 aliphatic rings. The summed E-state index contributed by atoms with van der Waals surface area (Å²) in [5.41, 5.74) is 1.34. The first kappa shape index (κ1) is 15.2. The summed E-state index contributed by atoms with van der Waals surface area (Å²) in [6, 6.07) is 13.7. The van der Waals surface area contributed by atoms with Crippen LogP contribution in [0.2, 0.25) is 0 Å². The van der Waals surface area contributed by atoms with E-state index < -0.39 is 11.7 Å². The minimum absolute atomic E-state index is 0.0221. The van der Waals surface area contributed by atoms with Gasteiger partial charge in [-0.1, -0.05) is 42.5 Å². The van der Waals surface area contributed by atoms with E-state index in [4.69, 9.17) is 5.11 Å². The molecule has 0 unspecified atom stereocenters. The van der Waals surface area contributed by atoms with Gasteiger partial charge in [-0.2, -0.15) is 0 Å². The number of amides is 1. The van der Waals surface area contributed by atoms with Crippen molar-refractivity contribution in [2.45, 2.75) is 19.4 Å². The molecular formula is C17H18FNO2. The minimum Gasteiger partial charge on any atom is -0.396 e. The Kier molecular flexibility index (Phi) is 5.06. The van der Waals surface area contributed by atoms with Gasteiger partial charge in [0.1, 0.15) is 5.82 Å². The summed E-state index contributed by atoms with van der Waals surface area (Å²) in [5.74, 6) is -0.982. The van der Waals surface area contributed by atoms with Crippen LogP contribution in [0.1, 0.15) is 33.9 Å². The highest BCUT2D eigenvalue weighted by Gasteiger charge is 2.18. The van der Waals surface area contributed by atoms with E-state index >= 15 is 0 Å². The normalized spacial score (nSPS) is 12.0. The smallest absolute Gasteiger partial charge is 0.254 e. The third kappa shape index (κ3) is 3.67. The second-order valence-electron chi connectivity index (χ2n) is 4.89. The second-order valence-corrected chi connectivity index (χ2v) is 4.89. The van der Waals surface area contributed by atoms with Crippen LogP contribution in [0, 0.1) is 12.7 Å². The van der Waals surface area contributed by atoms with E-state index in [0.29, 0.717) is 12.0 Å². The molecule has 0 aliphatic carbocycles. The van der Waals surface area contributed by atoms with Crippen LogP contribution in [-0.2, 0) is 0 Å². The van der Waals surface area contributed by atoms with Crippen molar-refractivity contribution in [3.8, 4) is 0 Å². The van der Waals surface area contributed by atoms with Crippen LogP contribution < -0.4 is 5.32 Å². The Morgan fingerprint density at radius 3 is 2.57 bits per heavy atom. The van der Waals surface area contributed by atoms with Gasteiger partial charge in [0.2, 0.25) is 0 Å². The van der Waals surface area contributed by atoms with Crippen molar-refractivity contribution in [1.82, 2.24) is 5.32 Å². The molecule has 2 aromatic carbocycles. The molecule has 2 rings (SSSR count). The molecule has 0 aromatic heterocycles. The molecule has 0 saturated carbocycles. The Morgan fingerprint density at radius 2 is 1.90 bits per heavy atom. The lowest BCUT2D eigenvalue weighted by atomic mass is 10.0. The van der Waals surface area contributed by atoms with Crippen LogP contribution in [0.4, 0.5) is 4.39 Å². The molecule has 110 valence electrons. The fourth-order valence-corrected chi connectivity index (χ4v) is 2.20. The number of hydrogen-bond acceptors (Lipinski definition) is 2. The lowest BCUT2D eigenvalue weighted by Gasteiger charge is -2.18. The number of aliphatic hydroxyl groups is 1. The Morgan fingerprint density at radius 1 is 1.19 bits per heavy atom. The number of carbonyl (C=O) groups is 1. The highest BCUT2D eigenvalue weighted by Crippen LogP contribution is 2.18. The van der Waals surface area contributed by atoms with Crippen LogP contribution in [-0.4, -0.2) is 17.6 Å². The average molecular weight is 287 g/mol. The average Bonchev–Trinajstić information content (AvgIpc) is 2.50. The van der Waals surface area contributed by atoms with Gasteiger partial charge in [0.25, 0.3) is 5.91 Å². The Hall–Kier alpha value is -2.20. The van der Waals surface area contributed by atoms with Crippen LogP contribution in [0.5, 0.6) is 0 Å². The third-order valence-corrected chi connectivity index (χ3v) is 3.36.